The molecule has 0 saturated carbocycles. The standard InChI is InChI=1S/C17H31N5O7S/c1-8(20-15(26)10(18)4-5-12(19)24)14(25)21-11(6-7-30-3)16(27)22-13(9(2)23)17(28)29/h8-11,13,23H,4-7,18H2,1-3H3,(H2,19,24)(H,20,26)(H,21,25)(H,22,27)(H,28,29)/t8-,9+,10-,11-,13-/m0/s1. The molecule has 12 nitrogen and oxygen atoms in total. The summed E-state index contributed by atoms with van der Waals surface area (Å²) in [6.07, 6.45) is 0.583. The van der Waals surface area contributed by atoms with Crippen LogP contribution in [-0.2, 0) is 24.0 Å². The first-order valence-corrected chi connectivity index (χ1v) is 10.6. The molecule has 0 aromatic rings. The Bertz CT molecular complexity index is 632. The number of carbonyl (C=O) groups is 5. The van der Waals surface area contributed by atoms with Crippen molar-refractivity contribution in [3.63, 3.8) is 0 Å². The summed E-state index contributed by atoms with van der Waals surface area (Å²) in [5, 5.41) is 25.6. The fourth-order valence-electron chi connectivity index (χ4n) is 2.26. The molecule has 0 aromatic carbocycles. The molecular formula is C17H31N5O7S. The third-order valence-corrected chi connectivity index (χ3v) is 4.72. The van der Waals surface area contributed by atoms with E-state index in [1.165, 1.54) is 25.6 Å². The van der Waals surface area contributed by atoms with Gasteiger partial charge in [-0.15, -0.1) is 0 Å². The SMILES string of the molecule is CSCC[C@H](NC(=O)[C@H](C)NC(=O)[C@@H](N)CCC(N)=O)C(=O)N[C@H](C(=O)O)[C@@H](C)O. The molecule has 4 amide bonds. The zero-order valence-corrected chi connectivity index (χ0v) is 18.0. The van der Waals surface area contributed by atoms with E-state index >= 15 is 0 Å². The van der Waals surface area contributed by atoms with E-state index in [1.807, 2.05) is 0 Å². The van der Waals surface area contributed by atoms with Crippen LogP contribution < -0.4 is 27.4 Å². The second-order valence-electron chi connectivity index (χ2n) is 6.75. The molecule has 0 unspecified atom stereocenters. The second-order valence-corrected chi connectivity index (χ2v) is 7.74. The minimum atomic E-state index is -1.54. The average Bonchev–Trinajstić information content (AvgIpc) is 2.65. The number of hydrogen-bond acceptors (Lipinski definition) is 8. The number of carbonyl (C=O) groups excluding carboxylic acids is 4. The molecule has 0 saturated heterocycles. The van der Waals surface area contributed by atoms with Crippen LogP contribution in [0.4, 0.5) is 0 Å². The van der Waals surface area contributed by atoms with Gasteiger partial charge in [-0.25, -0.2) is 4.79 Å². The lowest BCUT2D eigenvalue weighted by molar-refractivity contribution is -0.145. The summed E-state index contributed by atoms with van der Waals surface area (Å²) in [5.41, 5.74) is 10.6. The predicted molar refractivity (Wildman–Crippen MR) is 110 cm³/mol. The van der Waals surface area contributed by atoms with Crippen LogP contribution >= 0.6 is 11.8 Å². The van der Waals surface area contributed by atoms with Crippen molar-refractivity contribution >= 4 is 41.4 Å². The minimum absolute atomic E-state index is 0.0180. The third-order valence-electron chi connectivity index (χ3n) is 4.08. The smallest absolute Gasteiger partial charge is 0.328 e. The van der Waals surface area contributed by atoms with Crippen LogP contribution in [0.15, 0.2) is 0 Å². The van der Waals surface area contributed by atoms with E-state index in [2.05, 4.69) is 16.0 Å². The van der Waals surface area contributed by atoms with Crippen LogP contribution in [0.25, 0.3) is 0 Å². The Morgan fingerprint density at radius 2 is 1.57 bits per heavy atom. The van der Waals surface area contributed by atoms with Gasteiger partial charge in [-0.1, -0.05) is 0 Å². The van der Waals surface area contributed by atoms with Crippen LogP contribution in [0.3, 0.4) is 0 Å². The number of carboxylic acid groups (broad SMARTS) is 1. The summed E-state index contributed by atoms with van der Waals surface area (Å²) in [5.74, 6) is -3.66. The van der Waals surface area contributed by atoms with E-state index in [-0.39, 0.29) is 19.3 Å². The molecule has 0 fully saturated rings. The lowest BCUT2D eigenvalue weighted by Crippen LogP contribution is -2.57. The van der Waals surface area contributed by atoms with Gasteiger partial charge in [-0.05, 0) is 38.7 Å². The molecule has 172 valence electrons. The predicted octanol–water partition coefficient (Wildman–Crippen LogP) is -2.73. The van der Waals surface area contributed by atoms with Gasteiger partial charge in [0.1, 0.15) is 12.1 Å². The molecule has 13 heteroatoms. The largest absolute Gasteiger partial charge is 0.480 e. The van der Waals surface area contributed by atoms with E-state index < -0.39 is 59.9 Å². The van der Waals surface area contributed by atoms with Crippen LogP contribution in [0.1, 0.15) is 33.1 Å². The Morgan fingerprint density at radius 3 is 2.03 bits per heavy atom. The topological polar surface area (TPSA) is 214 Å². The van der Waals surface area contributed by atoms with E-state index in [1.54, 1.807) is 6.26 Å². The number of aliphatic carboxylic acids is 1. The third kappa shape index (κ3) is 10.4. The zero-order chi connectivity index (χ0) is 23.4. The lowest BCUT2D eigenvalue weighted by Gasteiger charge is -2.24. The number of nitrogens with two attached hydrogens (primary N) is 2. The number of carboxylic acids is 1. The number of aliphatic hydroxyl groups excluding tert-OH is 1. The molecule has 0 aliphatic heterocycles. The highest BCUT2D eigenvalue weighted by Crippen LogP contribution is 2.04. The summed E-state index contributed by atoms with van der Waals surface area (Å²) in [4.78, 5) is 58.8. The molecule has 0 aliphatic rings. The maximum absolute atomic E-state index is 12.4. The summed E-state index contributed by atoms with van der Waals surface area (Å²) < 4.78 is 0. The molecule has 0 aliphatic carbocycles. The second kappa shape index (κ2) is 13.8. The fraction of sp³-hybridized carbons (Fsp3) is 0.706. The Labute approximate surface area is 178 Å². The van der Waals surface area contributed by atoms with Crippen LogP contribution in [0.2, 0.25) is 0 Å². The molecule has 0 rings (SSSR count). The van der Waals surface area contributed by atoms with Gasteiger partial charge >= 0.3 is 5.97 Å². The van der Waals surface area contributed by atoms with Gasteiger partial charge in [-0.3, -0.25) is 19.2 Å². The zero-order valence-electron chi connectivity index (χ0n) is 17.2. The van der Waals surface area contributed by atoms with Crippen molar-refractivity contribution in [1.29, 1.82) is 0 Å². The number of primary amides is 1. The Morgan fingerprint density at radius 1 is 0.967 bits per heavy atom. The molecule has 0 bridgehead atoms. The molecule has 5 atom stereocenters. The van der Waals surface area contributed by atoms with Crippen molar-refractivity contribution in [3.8, 4) is 0 Å². The molecule has 0 radical (unpaired) electrons. The quantitative estimate of drug-likeness (QED) is 0.146. The highest BCUT2D eigenvalue weighted by Gasteiger charge is 2.30. The van der Waals surface area contributed by atoms with Crippen molar-refractivity contribution < 1.29 is 34.2 Å². The van der Waals surface area contributed by atoms with Crippen molar-refractivity contribution in [1.82, 2.24) is 16.0 Å². The van der Waals surface area contributed by atoms with Gasteiger partial charge in [0.2, 0.25) is 23.6 Å². The maximum Gasteiger partial charge on any atom is 0.328 e. The fourth-order valence-corrected chi connectivity index (χ4v) is 2.73. The van der Waals surface area contributed by atoms with Crippen LogP contribution in [-0.4, -0.2) is 82.1 Å². The summed E-state index contributed by atoms with van der Waals surface area (Å²) in [7, 11) is 0. The molecule has 0 heterocycles. The maximum atomic E-state index is 12.4. The Hall–Kier alpha value is -2.38. The van der Waals surface area contributed by atoms with Crippen molar-refractivity contribution in [3.05, 3.63) is 0 Å². The van der Waals surface area contributed by atoms with Gasteiger partial charge in [0, 0.05) is 6.42 Å². The first-order chi connectivity index (χ1) is 13.9. The van der Waals surface area contributed by atoms with Crippen molar-refractivity contribution in [2.45, 2.75) is 63.4 Å². The van der Waals surface area contributed by atoms with Gasteiger partial charge < -0.3 is 37.6 Å². The number of hydrogen-bond donors (Lipinski definition) is 7. The number of amides is 4. The highest BCUT2D eigenvalue weighted by atomic mass is 32.2. The highest BCUT2D eigenvalue weighted by molar-refractivity contribution is 7.98. The van der Waals surface area contributed by atoms with Gasteiger partial charge in [0.25, 0.3) is 0 Å². The van der Waals surface area contributed by atoms with Gasteiger partial charge in [0.05, 0.1) is 12.1 Å². The van der Waals surface area contributed by atoms with E-state index in [0.717, 1.165) is 0 Å². The number of thioether (sulfide) groups is 1. The molecule has 9 N–H and O–H groups in total. The number of nitrogens with one attached hydrogen (secondary N) is 3. The van der Waals surface area contributed by atoms with Gasteiger partial charge in [-0.2, -0.15) is 11.8 Å². The average molecular weight is 450 g/mol. The minimum Gasteiger partial charge on any atom is -0.480 e. The number of rotatable bonds is 14. The Kier molecular flexibility index (Phi) is 12.7. The monoisotopic (exact) mass is 449 g/mol. The van der Waals surface area contributed by atoms with Crippen LogP contribution in [0, 0.1) is 0 Å². The summed E-state index contributed by atoms with van der Waals surface area (Å²) >= 11 is 1.42. The van der Waals surface area contributed by atoms with E-state index in [0.29, 0.717) is 5.75 Å². The first-order valence-electron chi connectivity index (χ1n) is 9.25. The lowest BCUT2D eigenvalue weighted by atomic mass is 10.1. The van der Waals surface area contributed by atoms with Crippen LogP contribution in [0.5, 0.6) is 0 Å². The van der Waals surface area contributed by atoms with Gasteiger partial charge in [0.15, 0.2) is 6.04 Å². The summed E-state index contributed by atoms with van der Waals surface area (Å²) in [6, 6.07) is -4.69. The molecular weight excluding hydrogens is 418 g/mol. The summed E-state index contributed by atoms with van der Waals surface area (Å²) in [6.45, 7) is 2.60. The van der Waals surface area contributed by atoms with E-state index in [9.17, 15) is 29.1 Å². The number of aliphatic hydroxyl groups is 1. The molecule has 0 aromatic heterocycles. The van der Waals surface area contributed by atoms with Crippen molar-refractivity contribution in [2.24, 2.45) is 11.5 Å². The first kappa shape index (κ1) is 27.6. The van der Waals surface area contributed by atoms with E-state index in [4.69, 9.17) is 16.6 Å². The molecule has 30 heavy (non-hydrogen) atoms. The normalized spacial score (nSPS) is 15.8. The molecule has 0 spiro atoms. The van der Waals surface area contributed by atoms with Crippen molar-refractivity contribution in [2.75, 3.05) is 12.0 Å². The Balaban J connectivity index is 4.99.